The van der Waals surface area contributed by atoms with E-state index in [2.05, 4.69) is 11.4 Å². The SMILES string of the molecule is CC(N)(C(=O)NC1CCCC1C#N)c1ccccc1. The van der Waals surface area contributed by atoms with Crippen LogP contribution in [0.4, 0.5) is 0 Å². The topological polar surface area (TPSA) is 78.9 Å². The normalized spacial score (nSPS) is 25.3. The molecule has 1 aromatic carbocycles. The van der Waals surface area contributed by atoms with Crippen molar-refractivity contribution >= 4 is 5.91 Å². The fourth-order valence-corrected chi connectivity index (χ4v) is 2.52. The second-order valence-corrected chi connectivity index (χ2v) is 5.31. The van der Waals surface area contributed by atoms with Gasteiger partial charge in [0.2, 0.25) is 5.91 Å². The van der Waals surface area contributed by atoms with Gasteiger partial charge < -0.3 is 11.1 Å². The van der Waals surface area contributed by atoms with Gasteiger partial charge in [0, 0.05) is 6.04 Å². The van der Waals surface area contributed by atoms with E-state index >= 15 is 0 Å². The van der Waals surface area contributed by atoms with Crippen molar-refractivity contribution in [1.29, 1.82) is 5.26 Å². The molecule has 1 amide bonds. The first-order chi connectivity index (χ1) is 9.05. The molecule has 0 saturated heterocycles. The Labute approximate surface area is 113 Å². The molecule has 1 aliphatic rings. The van der Waals surface area contributed by atoms with Crippen LogP contribution in [0, 0.1) is 17.2 Å². The second kappa shape index (κ2) is 5.41. The number of benzene rings is 1. The van der Waals surface area contributed by atoms with Crippen LogP contribution in [0.2, 0.25) is 0 Å². The largest absolute Gasteiger partial charge is 0.350 e. The Morgan fingerprint density at radius 1 is 1.42 bits per heavy atom. The molecule has 4 nitrogen and oxygen atoms in total. The third-order valence-corrected chi connectivity index (χ3v) is 3.84. The maximum absolute atomic E-state index is 12.3. The van der Waals surface area contributed by atoms with Crippen LogP contribution in [-0.2, 0) is 10.3 Å². The van der Waals surface area contributed by atoms with Gasteiger partial charge in [0.25, 0.3) is 0 Å². The maximum atomic E-state index is 12.3. The van der Waals surface area contributed by atoms with Crippen molar-refractivity contribution in [2.24, 2.45) is 11.7 Å². The molecule has 0 spiro atoms. The summed E-state index contributed by atoms with van der Waals surface area (Å²) in [7, 11) is 0. The van der Waals surface area contributed by atoms with Gasteiger partial charge in [0.1, 0.15) is 5.54 Å². The van der Waals surface area contributed by atoms with Crippen LogP contribution in [0.5, 0.6) is 0 Å². The summed E-state index contributed by atoms with van der Waals surface area (Å²) in [4.78, 5) is 12.3. The zero-order valence-electron chi connectivity index (χ0n) is 11.1. The molecule has 3 atom stereocenters. The summed E-state index contributed by atoms with van der Waals surface area (Å²) in [6.45, 7) is 1.70. The molecule has 19 heavy (non-hydrogen) atoms. The number of nitriles is 1. The van der Waals surface area contributed by atoms with E-state index in [1.807, 2.05) is 30.3 Å². The van der Waals surface area contributed by atoms with Gasteiger partial charge >= 0.3 is 0 Å². The van der Waals surface area contributed by atoms with Crippen molar-refractivity contribution in [2.45, 2.75) is 37.8 Å². The molecule has 1 aliphatic carbocycles. The predicted molar refractivity (Wildman–Crippen MR) is 72.9 cm³/mol. The number of rotatable bonds is 3. The molecule has 1 aromatic rings. The molecule has 0 heterocycles. The third-order valence-electron chi connectivity index (χ3n) is 3.84. The smallest absolute Gasteiger partial charge is 0.244 e. The minimum Gasteiger partial charge on any atom is -0.350 e. The van der Waals surface area contributed by atoms with Crippen LogP contribution in [-0.4, -0.2) is 11.9 Å². The number of amides is 1. The van der Waals surface area contributed by atoms with Crippen molar-refractivity contribution in [3.63, 3.8) is 0 Å². The lowest BCUT2D eigenvalue weighted by Gasteiger charge is -2.27. The first kappa shape index (κ1) is 13.6. The molecule has 2 rings (SSSR count). The van der Waals surface area contributed by atoms with Crippen LogP contribution in [0.3, 0.4) is 0 Å². The molecule has 100 valence electrons. The third kappa shape index (κ3) is 2.77. The minimum absolute atomic E-state index is 0.0657. The summed E-state index contributed by atoms with van der Waals surface area (Å²) in [6.07, 6.45) is 2.69. The molecular formula is C15H19N3O. The Kier molecular flexibility index (Phi) is 3.87. The lowest BCUT2D eigenvalue weighted by Crippen LogP contribution is -2.52. The van der Waals surface area contributed by atoms with Gasteiger partial charge in [-0.05, 0) is 31.7 Å². The molecule has 1 saturated carbocycles. The highest BCUT2D eigenvalue weighted by molar-refractivity contribution is 5.87. The van der Waals surface area contributed by atoms with Crippen molar-refractivity contribution in [1.82, 2.24) is 5.32 Å². The second-order valence-electron chi connectivity index (χ2n) is 5.31. The van der Waals surface area contributed by atoms with E-state index in [1.165, 1.54) is 0 Å². The Bertz CT molecular complexity index is 490. The van der Waals surface area contributed by atoms with Gasteiger partial charge in [-0.25, -0.2) is 0 Å². The zero-order chi connectivity index (χ0) is 13.9. The minimum atomic E-state index is -1.07. The van der Waals surface area contributed by atoms with Crippen LogP contribution in [0.1, 0.15) is 31.7 Å². The summed E-state index contributed by atoms with van der Waals surface area (Å²) < 4.78 is 0. The molecule has 0 bridgehead atoms. The summed E-state index contributed by atoms with van der Waals surface area (Å²) in [5.74, 6) is -0.304. The van der Waals surface area contributed by atoms with Crippen LogP contribution in [0.15, 0.2) is 30.3 Å². The van der Waals surface area contributed by atoms with E-state index in [1.54, 1.807) is 6.92 Å². The summed E-state index contributed by atoms with van der Waals surface area (Å²) in [5, 5.41) is 12.0. The number of nitrogens with two attached hydrogens (primary N) is 1. The Morgan fingerprint density at radius 3 is 2.74 bits per heavy atom. The number of carbonyl (C=O) groups excluding carboxylic acids is 1. The number of hydrogen-bond donors (Lipinski definition) is 2. The quantitative estimate of drug-likeness (QED) is 0.864. The van der Waals surface area contributed by atoms with Gasteiger partial charge in [-0.3, -0.25) is 4.79 Å². The molecule has 4 heteroatoms. The fraction of sp³-hybridized carbons (Fsp3) is 0.467. The van der Waals surface area contributed by atoms with Crippen molar-refractivity contribution in [3.8, 4) is 6.07 Å². The lowest BCUT2D eigenvalue weighted by molar-refractivity contribution is -0.127. The summed E-state index contributed by atoms with van der Waals surface area (Å²) >= 11 is 0. The number of nitrogens with one attached hydrogen (secondary N) is 1. The van der Waals surface area contributed by atoms with E-state index in [-0.39, 0.29) is 17.9 Å². The fourth-order valence-electron chi connectivity index (χ4n) is 2.52. The van der Waals surface area contributed by atoms with Gasteiger partial charge in [0.15, 0.2) is 0 Å². The average Bonchev–Trinajstić information content (AvgIpc) is 2.87. The molecule has 0 radical (unpaired) electrons. The van der Waals surface area contributed by atoms with Crippen LogP contribution in [0.25, 0.3) is 0 Å². The highest BCUT2D eigenvalue weighted by Crippen LogP contribution is 2.26. The first-order valence-electron chi connectivity index (χ1n) is 6.60. The molecule has 3 N–H and O–H groups in total. The average molecular weight is 257 g/mol. The Hall–Kier alpha value is -1.86. The van der Waals surface area contributed by atoms with E-state index < -0.39 is 5.54 Å². The van der Waals surface area contributed by atoms with Gasteiger partial charge in [-0.2, -0.15) is 5.26 Å². The maximum Gasteiger partial charge on any atom is 0.244 e. The van der Waals surface area contributed by atoms with E-state index in [9.17, 15) is 4.79 Å². The van der Waals surface area contributed by atoms with Crippen molar-refractivity contribution in [3.05, 3.63) is 35.9 Å². The number of hydrogen-bond acceptors (Lipinski definition) is 3. The lowest BCUT2D eigenvalue weighted by atomic mass is 9.91. The molecule has 0 aromatic heterocycles. The standard InChI is InChI=1S/C15H19N3O/c1-15(17,12-7-3-2-4-8-12)14(19)18-13-9-5-6-11(13)10-16/h2-4,7-8,11,13H,5-6,9,17H2,1H3,(H,18,19). The van der Waals surface area contributed by atoms with Gasteiger partial charge in [0.05, 0.1) is 12.0 Å². The van der Waals surface area contributed by atoms with Crippen molar-refractivity contribution in [2.75, 3.05) is 0 Å². The summed E-state index contributed by atoms with van der Waals surface area (Å²) in [6, 6.07) is 11.5. The molecule has 3 unspecified atom stereocenters. The highest BCUT2D eigenvalue weighted by Gasteiger charge is 2.35. The van der Waals surface area contributed by atoms with E-state index in [4.69, 9.17) is 11.0 Å². The highest BCUT2D eigenvalue weighted by atomic mass is 16.2. The number of nitrogens with zero attached hydrogens (tertiary/aromatic N) is 1. The monoisotopic (exact) mass is 257 g/mol. The zero-order valence-corrected chi connectivity index (χ0v) is 11.1. The van der Waals surface area contributed by atoms with E-state index in [0.29, 0.717) is 0 Å². The molecular weight excluding hydrogens is 238 g/mol. The van der Waals surface area contributed by atoms with E-state index in [0.717, 1.165) is 24.8 Å². The first-order valence-corrected chi connectivity index (χ1v) is 6.60. The Morgan fingerprint density at radius 2 is 2.11 bits per heavy atom. The summed E-state index contributed by atoms with van der Waals surface area (Å²) in [5.41, 5.74) is 5.86. The number of carbonyl (C=O) groups is 1. The van der Waals surface area contributed by atoms with Gasteiger partial charge in [-0.1, -0.05) is 30.3 Å². The van der Waals surface area contributed by atoms with Crippen molar-refractivity contribution < 1.29 is 4.79 Å². The predicted octanol–water partition coefficient (Wildman–Crippen LogP) is 1.67. The Balaban J connectivity index is 2.09. The van der Waals surface area contributed by atoms with Gasteiger partial charge in [-0.15, -0.1) is 0 Å². The van der Waals surface area contributed by atoms with Crippen LogP contribution < -0.4 is 11.1 Å². The molecule has 1 fully saturated rings. The molecule has 0 aliphatic heterocycles. The van der Waals surface area contributed by atoms with Crippen LogP contribution >= 0.6 is 0 Å².